The van der Waals surface area contributed by atoms with Crippen LogP contribution in [0, 0.1) is 11.8 Å². The van der Waals surface area contributed by atoms with E-state index in [1.165, 1.54) is 51.6 Å². The summed E-state index contributed by atoms with van der Waals surface area (Å²) in [5.41, 5.74) is 0. The van der Waals surface area contributed by atoms with Gasteiger partial charge in [-0.3, -0.25) is 0 Å². The lowest BCUT2D eigenvalue weighted by Gasteiger charge is -2.26. The van der Waals surface area contributed by atoms with E-state index in [-0.39, 0.29) is 0 Å². The summed E-state index contributed by atoms with van der Waals surface area (Å²) in [4.78, 5) is 0. The van der Waals surface area contributed by atoms with Crippen molar-refractivity contribution in [2.75, 3.05) is 26.2 Å². The standard InChI is InChI=1S/C12H23N2/c1(11-3-7-13-8-4-11)2-12-5-9-14-10-6-12/h11-13H,1-10H2. The smallest absolute Gasteiger partial charge is 0.0136 e. The molecule has 2 aliphatic rings. The molecule has 2 nitrogen and oxygen atoms in total. The molecule has 81 valence electrons. The summed E-state index contributed by atoms with van der Waals surface area (Å²) >= 11 is 0. The van der Waals surface area contributed by atoms with E-state index < -0.39 is 0 Å². The summed E-state index contributed by atoms with van der Waals surface area (Å²) < 4.78 is 0. The molecule has 1 N–H and O–H groups in total. The van der Waals surface area contributed by atoms with Gasteiger partial charge in [0.15, 0.2) is 0 Å². The normalized spacial score (nSPS) is 26.6. The van der Waals surface area contributed by atoms with Gasteiger partial charge < -0.3 is 5.32 Å². The zero-order valence-corrected chi connectivity index (χ0v) is 9.17. The van der Waals surface area contributed by atoms with E-state index in [4.69, 9.17) is 0 Å². The molecule has 0 aromatic rings. The van der Waals surface area contributed by atoms with Gasteiger partial charge in [0.25, 0.3) is 0 Å². The van der Waals surface area contributed by atoms with Crippen LogP contribution in [0.15, 0.2) is 0 Å². The summed E-state index contributed by atoms with van der Waals surface area (Å²) in [5.74, 6) is 2.03. The average Bonchev–Trinajstić information content (AvgIpc) is 2.29. The molecular formula is C12H23N2. The highest BCUT2D eigenvalue weighted by atomic mass is 14.9. The number of hydrogen-bond donors (Lipinski definition) is 1. The molecule has 14 heavy (non-hydrogen) atoms. The van der Waals surface area contributed by atoms with Crippen molar-refractivity contribution < 1.29 is 0 Å². The monoisotopic (exact) mass is 195 g/mol. The number of hydrogen-bond acceptors (Lipinski definition) is 1. The zero-order chi connectivity index (χ0) is 9.64. The third kappa shape index (κ3) is 3.25. The van der Waals surface area contributed by atoms with E-state index in [1.807, 2.05) is 0 Å². The van der Waals surface area contributed by atoms with E-state index >= 15 is 0 Å². The van der Waals surface area contributed by atoms with Crippen molar-refractivity contribution in [1.82, 2.24) is 10.6 Å². The van der Waals surface area contributed by atoms with Crippen molar-refractivity contribution in [1.29, 1.82) is 0 Å². The molecule has 2 saturated heterocycles. The maximum atomic E-state index is 4.41. The first-order valence-corrected chi connectivity index (χ1v) is 6.29. The molecule has 2 heterocycles. The second kappa shape index (κ2) is 5.72. The van der Waals surface area contributed by atoms with Crippen molar-refractivity contribution in [2.24, 2.45) is 11.8 Å². The lowest BCUT2D eigenvalue weighted by Crippen LogP contribution is -2.28. The van der Waals surface area contributed by atoms with Gasteiger partial charge in [0.05, 0.1) is 0 Å². The maximum Gasteiger partial charge on any atom is 0.0136 e. The predicted octanol–water partition coefficient (Wildman–Crippen LogP) is 1.78. The quantitative estimate of drug-likeness (QED) is 0.730. The summed E-state index contributed by atoms with van der Waals surface area (Å²) in [6.45, 7) is 4.78. The third-order valence-electron chi connectivity index (χ3n) is 3.83. The van der Waals surface area contributed by atoms with E-state index in [1.54, 1.807) is 0 Å². The molecule has 0 atom stereocenters. The lowest BCUT2D eigenvalue weighted by atomic mass is 9.86. The Balaban J connectivity index is 1.60. The van der Waals surface area contributed by atoms with Crippen LogP contribution in [0.1, 0.15) is 38.5 Å². The molecule has 0 aromatic heterocycles. The highest BCUT2D eigenvalue weighted by Gasteiger charge is 2.17. The average molecular weight is 195 g/mol. The SMILES string of the molecule is C1CC(CCC2CCNCC2)CC[N]1. The molecule has 2 fully saturated rings. The van der Waals surface area contributed by atoms with Gasteiger partial charge in [0.2, 0.25) is 0 Å². The van der Waals surface area contributed by atoms with E-state index in [2.05, 4.69) is 10.6 Å². The Bertz CT molecular complexity index is 128. The van der Waals surface area contributed by atoms with E-state index in [0.717, 1.165) is 24.9 Å². The van der Waals surface area contributed by atoms with Gasteiger partial charge in [-0.15, -0.1) is 0 Å². The van der Waals surface area contributed by atoms with Gasteiger partial charge in [-0.05, 0) is 50.6 Å². The van der Waals surface area contributed by atoms with Crippen molar-refractivity contribution >= 4 is 0 Å². The highest BCUT2D eigenvalue weighted by Crippen LogP contribution is 2.24. The summed E-state index contributed by atoms with van der Waals surface area (Å²) in [6, 6.07) is 0. The van der Waals surface area contributed by atoms with Crippen LogP contribution in [0.2, 0.25) is 0 Å². The predicted molar refractivity (Wildman–Crippen MR) is 59.4 cm³/mol. The van der Waals surface area contributed by atoms with Crippen molar-refractivity contribution in [3.05, 3.63) is 0 Å². The largest absolute Gasteiger partial charge is 0.317 e. The minimum absolute atomic E-state index is 1.00. The molecule has 2 rings (SSSR count). The molecular weight excluding hydrogens is 172 g/mol. The molecule has 0 saturated carbocycles. The first-order valence-electron chi connectivity index (χ1n) is 6.29. The van der Waals surface area contributed by atoms with Gasteiger partial charge >= 0.3 is 0 Å². The summed E-state index contributed by atoms with van der Waals surface area (Å²) in [6.07, 6.45) is 8.51. The number of nitrogens with one attached hydrogen (secondary N) is 1. The van der Waals surface area contributed by atoms with Crippen LogP contribution in [-0.2, 0) is 0 Å². The van der Waals surface area contributed by atoms with Crippen LogP contribution in [0.3, 0.4) is 0 Å². The molecule has 0 spiro atoms. The third-order valence-corrected chi connectivity index (χ3v) is 3.83. The zero-order valence-electron chi connectivity index (χ0n) is 9.17. The van der Waals surface area contributed by atoms with Gasteiger partial charge in [-0.1, -0.05) is 12.8 Å². The lowest BCUT2D eigenvalue weighted by molar-refractivity contribution is 0.285. The number of piperidine rings is 2. The minimum Gasteiger partial charge on any atom is -0.317 e. The summed E-state index contributed by atoms with van der Waals surface area (Å²) in [5, 5.41) is 7.85. The Hall–Kier alpha value is -0.0800. The first kappa shape index (κ1) is 10.4. The van der Waals surface area contributed by atoms with Crippen molar-refractivity contribution in [3.63, 3.8) is 0 Å². The van der Waals surface area contributed by atoms with Crippen molar-refractivity contribution in [2.45, 2.75) is 38.5 Å². The fourth-order valence-corrected chi connectivity index (χ4v) is 2.73. The second-order valence-corrected chi connectivity index (χ2v) is 4.88. The topological polar surface area (TPSA) is 26.1 Å². The Morgan fingerprint density at radius 2 is 1.43 bits per heavy atom. The number of nitrogens with zero attached hydrogens (tertiary/aromatic N) is 1. The minimum atomic E-state index is 1.00. The van der Waals surface area contributed by atoms with Crippen LogP contribution < -0.4 is 10.6 Å². The Labute approximate surface area is 87.8 Å². The van der Waals surface area contributed by atoms with E-state index in [0.29, 0.717) is 0 Å². The molecule has 0 aliphatic carbocycles. The second-order valence-electron chi connectivity index (χ2n) is 4.88. The molecule has 0 bridgehead atoms. The Kier molecular flexibility index (Phi) is 4.26. The van der Waals surface area contributed by atoms with Gasteiger partial charge in [0.1, 0.15) is 0 Å². The van der Waals surface area contributed by atoms with E-state index in [9.17, 15) is 0 Å². The highest BCUT2D eigenvalue weighted by molar-refractivity contribution is 4.73. The Morgan fingerprint density at radius 1 is 0.857 bits per heavy atom. The molecule has 0 amide bonds. The summed E-state index contributed by atoms with van der Waals surface area (Å²) in [7, 11) is 0. The van der Waals surface area contributed by atoms with Crippen LogP contribution >= 0.6 is 0 Å². The first-order chi connectivity index (χ1) is 6.95. The fraction of sp³-hybridized carbons (Fsp3) is 1.00. The molecule has 0 aromatic carbocycles. The van der Waals surface area contributed by atoms with Crippen LogP contribution in [0.5, 0.6) is 0 Å². The van der Waals surface area contributed by atoms with Crippen LogP contribution in [0.4, 0.5) is 0 Å². The van der Waals surface area contributed by atoms with Crippen LogP contribution in [-0.4, -0.2) is 26.2 Å². The Morgan fingerprint density at radius 3 is 2.07 bits per heavy atom. The fourth-order valence-electron chi connectivity index (χ4n) is 2.73. The molecule has 0 unspecified atom stereocenters. The van der Waals surface area contributed by atoms with Gasteiger partial charge in [0, 0.05) is 13.1 Å². The molecule has 1 radical (unpaired) electrons. The molecule has 2 aliphatic heterocycles. The van der Waals surface area contributed by atoms with Crippen molar-refractivity contribution in [3.8, 4) is 0 Å². The van der Waals surface area contributed by atoms with Crippen LogP contribution in [0.25, 0.3) is 0 Å². The van der Waals surface area contributed by atoms with Gasteiger partial charge in [-0.2, -0.15) is 0 Å². The van der Waals surface area contributed by atoms with Gasteiger partial charge in [-0.25, -0.2) is 5.32 Å². The number of rotatable bonds is 3. The molecule has 2 heteroatoms. The maximum absolute atomic E-state index is 4.41.